The van der Waals surface area contributed by atoms with E-state index in [1.165, 1.54) is 0 Å². The number of benzene rings is 1. The predicted octanol–water partition coefficient (Wildman–Crippen LogP) is 3.52. The van der Waals surface area contributed by atoms with Gasteiger partial charge in [0.2, 0.25) is 5.91 Å². The minimum absolute atomic E-state index is 0.00483. The highest BCUT2D eigenvalue weighted by molar-refractivity contribution is 6.30. The molecular formula is C17H22ClNO3. The van der Waals surface area contributed by atoms with Crippen LogP contribution in [0.15, 0.2) is 24.3 Å². The van der Waals surface area contributed by atoms with E-state index in [2.05, 4.69) is 5.32 Å². The molecule has 2 N–H and O–H groups in total. The number of halogens is 1. The van der Waals surface area contributed by atoms with Crippen LogP contribution in [-0.4, -0.2) is 23.0 Å². The van der Waals surface area contributed by atoms with Gasteiger partial charge in [0.15, 0.2) is 0 Å². The number of carboxylic acid groups (broad SMARTS) is 1. The molecule has 0 radical (unpaired) electrons. The summed E-state index contributed by atoms with van der Waals surface area (Å²) < 4.78 is 0. The molecule has 0 aromatic heterocycles. The van der Waals surface area contributed by atoms with Gasteiger partial charge in [-0.3, -0.25) is 9.59 Å². The van der Waals surface area contributed by atoms with Crippen LogP contribution in [-0.2, 0) is 15.0 Å². The average Bonchev–Trinajstić information content (AvgIpc) is 2.96. The van der Waals surface area contributed by atoms with Crippen molar-refractivity contribution in [1.29, 1.82) is 0 Å². The van der Waals surface area contributed by atoms with Crippen LogP contribution in [0.5, 0.6) is 0 Å². The molecule has 1 fully saturated rings. The molecule has 2 rings (SSSR count). The van der Waals surface area contributed by atoms with E-state index in [9.17, 15) is 9.59 Å². The maximum absolute atomic E-state index is 12.8. The van der Waals surface area contributed by atoms with Crippen molar-refractivity contribution in [1.82, 2.24) is 5.32 Å². The second-order valence-corrected chi connectivity index (χ2v) is 6.54. The highest BCUT2D eigenvalue weighted by atomic mass is 35.5. The Kier molecular flexibility index (Phi) is 5.46. The normalized spacial score (nSPS) is 17.9. The molecule has 0 aliphatic heterocycles. The molecule has 5 heteroatoms. The van der Waals surface area contributed by atoms with Gasteiger partial charge in [-0.15, -0.1) is 0 Å². The van der Waals surface area contributed by atoms with Crippen LogP contribution in [0.25, 0.3) is 0 Å². The van der Waals surface area contributed by atoms with Gasteiger partial charge in [0.1, 0.15) is 0 Å². The molecule has 4 nitrogen and oxygen atoms in total. The Morgan fingerprint density at radius 2 is 1.86 bits per heavy atom. The molecule has 1 aromatic rings. The molecule has 1 unspecified atom stereocenters. The van der Waals surface area contributed by atoms with E-state index >= 15 is 0 Å². The van der Waals surface area contributed by atoms with Gasteiger partial charge < -0.3 is 10.4 Å². The lowest BCUT2D eigenvalue weighted by Crippen LogP contribution is -2.46. The topological polar surface area (TPSA) is 66.4 Å². The number of rotatable bonds is 6. The monoisotopic (exact) mass is 323 g/mol. The Morgan fingerprint density at radius 3 is 2.41 bits per heavy atom. The molecule has 0 bridgehead atoms. The first-order chi connectivity index (χ1) is 10.4. The zero-order valence-corrected chi connectivity index (χ0v) is 13.5. The van der Waals surface area contributed by atoms with Crippen molar-refractivity contribution in [3.8, 4) is 0 Å². The Balaban J connectivity index is 2.11. The standard InChI is InChI=1S/C17H22ClNO3/c1-12(4-9-15(20)21)19-16(22)17(10-2-3-11-17)13-5-7-14(18)8-6-13/h5-8,12H,2-4,9-11H2,1H3,(H,19,22)(H,20,21). The first-order valence-electron chi connectivity index (χ1n) is 7.73. The number of carbonyl (C=O) groups excluding carboxylic acids is 1. The highest BCUT2D eigenvalue weighted by Crippen LogP contribution is 2.41. The van der Waals surface area contributed by atoms with Crippen LogP contribution < -0.4 is 5.32 Å². The first-order valence-corrected chi connectivity index (χ1v) is 8.11. The van der Waals surface area contributed by atoms with Gasteiger partial charge in [0.05, 0.1) is 5.41 Å². The maximum atomic E-state index is 12.8. The summed E-state index contributed by atoms with van der Waals surface area (Å²) in [4.78, 5) is 23.5. The second-order valence-electron chi connectivity index (χ2n) is 6.10. The van der Waals surface area contributed by atoms with Crippen LogP contribution in [0.3, 0.4) is 0 Å². The number of aliphatic carboxylic acids is 1. The third kappa shape index (κ3) is 3.80. The molecule has 1 amide bonds. The third-order valence-corrected chi connectivity index (χ3v) is 4.71. The molecule has 0 saturated heterocycles. The number of nitrogens with one attached hydrogen (secondary N) is 1. The number of hydrogen-bond acceptors (Lipinski definition) is 2. The summed E-state index contributed by atoms with van der Waals surface area (Å²) in [6, 6.07) is 7.34. The lowest BCUT2D eigenvalue weighted by Gasteiger charge is -2.30. The Morgan fingerprint density at radius 1 is 1.27 bits per heavy atom. The van der Waals surface area contributed by atoms with Crippen LogP contribution in [0, 0.1) is 0 Å². The lowest BCUT2D eigenvalue weighted by molar-refractivity contribution is -0.137. The highest BCUT2D eigenvalue weighted by Gasteiger charge is 2.42. The molecule has 120 valence electrons. The van der Waals surface area contributed by atoms with E-state index in [4.69, 9.17) is 16.7 Å². The SMILES string of the molecule is CC(CCC(=O)O)NC(=O)C1(c2ccc(Cl)cc2)CCCC1. The van der Waals surface area contributed by atoms with Crippen molar-refractivity contribution < 1.29 is 14.7 Å². The smallest absolute Gasteiger partial charge is 0.303 e. The van der Waals surface area contributed by atoms with Gasteiger partial charge in [0, 0.05) is 17.5 Å². The van der Waals surface area contributed by atoms with E-state index in [0.717, 1.165) is 31.2 Å². The number of amides is 1. The molecule has 22 heavy (non-hydrogen) atoms. The van der Waals surface area contributed by atoms with Crippen LogP contribution in [0.2, 0.25) is 5.02 Å². The molecule has 0 heterocycles. The predicted molar refractivity (Wildman–Crippen MR) is 86.1 cm³/mol. The van der Waals surface area contributed by atoms with Gasteiger partial charge >= 0.3 is 5.97 Å². The summed E-state index contributed by atoms with van der Waals surface area (Å²) in [6.07, 6.45) is 4.21. The van der Waals surface area contributed by atoms with Crippen molar-refractivity contribution in [2.45, 2.75) is 56.9 Å². The summed E-state index contributed by atoms with van der Waals surface area (Å²) in [5.41, 5.74) is 0.500. The van der Waals surface area contributed by atoms with Crippen LogP contribution in [0.1, 0.15) is 51.0 Å². The lowest BCUT2D eigenvalue weighted by atomic mass is 9.78. The van der Waals surface area contributed by atoms with Crippen molar-refractivity contribution in [2.24, 2.45) is 0 Å². The fraction of sp³-hybridized carbons (Fsp3) is 0.529. The van der Waals surface area contributed by atoms with Gasteiger partial charge in [-0.25, -0.2) is 0 Å². The fourth-order valence-corrected chi connectivity index (χ4v) is 3.29. The van der Waals surface area contributed by atoms with Gasteiger partial charge in [-0.2, -0.15) is 0 Å². The summed E-state index contributed by atoms with van der Waals surface area (Å²) in [5, 5.41) is 12.4. The molecule has 1 aliphatic rings. The van der Waals surface area contributed by atoms with E-state index in [1.54, 1.807) is 0 Å². The van der Waals surface area contributed by atoms with Gasteiger partial charge in [-0.05, 0) is 43.9 Å². The van der Waals surface area contributed by atoms with E-state index in [-0.39, 0.29) is 18.4 Å². The minimum atomic E-state index is -0.839. The van der Waals surface area contributed by atoms with Gasteiger partial charge in [0.25, 0.3) is 0 Å². The first kappa shape index (κ1) is 16.8. The Bertz CT molecular complexity index is 535. The largest absolute Gasteiger partial charge is 0.481 e. The summed E-state index contributed by atoms with van der Waals surface area (Å²) >= 11 is 5.94. The van der Waals surface area contributed by atoms with E-state index in [0.29, 0.717) is 11.4 Å². The van der Waals surface area contributed by atoms with Crippen molar-refractivity contribution in [3.63, 3.8) is 0 Å². The number of carbonyl (C=O) groups is 2. The van der Waals surface area contributed by atoms with E-state index in [1.807, 2.05) is 31.2 Å². The zero-order chi connectivity index (χ0) is 16.2. The fourth-order valence-electron chi connectivity index (χ4n) is 3.17. The number of hydrogen-bond donors (Lipinski definition) is 2. The van der Waals surface area contributed by atoms with Gasteiger partial charge in [-0.1, -0.05) is 36.6 Å². The summed E-state index contributed by atoms with van der Waals surface area (Å²) in [5.74, 6) is -0.834. The minimum Gasteiger partial charge on any atom is -0.481 e. The molecule has 1 aliphatic carbocycles. The van der Waals surface area contributed by atoms with E-state index < -0.39 is 11.4 Å². The molecule has 1 saturated carbocycles. The van der Waals surface area contributed by atoms with Crippen molar-refractivity contribution in [3.05, 3.63) is 34.9 Å². The molecule has 0 spiro atoms. The molecule has 1 aromatic carbocycles. The maximum Gasteiger partial charge on any atom is 0.303 e. The second kappa shape index (κ2) is 7.14. The zero-order valence-electron chi connectivity index (χ0n) is 12.8. The van der Waals surface area contributed by atoms with Crippen molar-refractivity contribution in [2.75, 3.05) is 0 Å². The summed E-state index contributed by atoms with van der Waals surface area (Å²) in [6.45, 7) is 1.85. The molecular weight excluding hydrogens is 302 g/mol. The van der Waals surface area contributed by atoms with Crippen LogP contribution in [0.4, 0.5) is 0 Å². The molecule has 1 atom stereocenters. The van der Waals surface area contributed by atoms with Crippen LogP contribution >= 0.6 is 11.6 Å². The average molecular weight is 324 g/mol. The quantitative estimate of drug-likeness (QED) is 0.841. The Hall–Kier alpha value is -1.55. The Labute approximate surface area is 135 Å². The third-order valence-electron chi connectivity index (χ3n) is 4.46. The number of carboxylic acids is 1. The summed E-state index contributed by atoms with van der Waals surface area (Å²) in [7, 11) is 0. The van der Waals surface area contributed by atoms with Crippen molar-refractivity contribution >= 4 is 23.5 Å².